The third-order valence-electron chi connectivity index (χ3n) is 3.95. The van der Waals surface area contributed by atoms with Crippen LogP contribution >= 0.6 is 15.9 Å². The Kier molecular flexibility index (Phi) is 5.14. The Morgan fingerprint density at radius 2 is 1.95 bits per heavy atom. The first-order valence-corrected chi connectivity index (χ1v) is 7.63. The van der Waals surface area contributed by atoms with E-state index in [0.717, 1.165) is 21.2 Å². The minimum Gasteiger partial charge on any atom is -0.395 e. The molecule has 0 aliphatic rings. The topological polar surface area (TPSA) is 46.2 Å². The third-order valence-corrected chi connectivity index (χ3v) is 4.72. The van der Waals surface area contributed by atoms with Gasteiger partial charge in [-0.3, -0.25) is 0 Å². The van der Waals surface area contributed by atoms with Crippen molar-refractivity contribution in [2.24, 2.45) is 5.73 Å². The monoisotopic (exact) mass is 351 g/mol. The summed E-state index contributed by atoms with van der Waals surface area (Å²) >= 11 is 3.44. The van der Waals surface area contributed by atoms with Crippen molar-refractivity contribution in [2.45, 2.75) is 18.8 Å². The summed E-state index contributed by atoms with van der Waals surface area (Å²) in [7, 11) is 0. The molecule has 112 valence electrons. The lowest BCUT2D eigenvalue weighted by Gasteiger charge is -2.33. The zero-order valence-corrected chi connectivity index (χ0v) is 13.5. The molecule has 0 radical (unpaired) electrons. The molecule has 0 aromatic heterocycles. The van der Waals surface area contributed by atoms with Crippen molar-refractivity contribution in [3.8, 4) is 0 Å². The maximum Gasteiger partial charge on any atom is 0.123 e. The van der Waals surface area contributed by atoms with E-state index in [1.54, 1.807) is 6.07 Å². The molecule has 2 rings (SSSR count). The molecule has 2 aromatic rings. The van der Waals surface area contributed by atoms with Gasteiger partial charge >= 0.3 is 0 Å². The van der Waals surface area contributed by atoms with Gasteiger partial charge in [0.2, 0.25) is 0 Å². The molecule has 0 aliphatic heterocycles. The van der Waals surface area contributed by atoms with Gasteiger partial charge in [0, 0.05) is 16.4 Å². The number of aliphatic hydroxyl groups excluding tert-OH is 1. The Morgan fingerprint density at radius 3 is 2.57 bits per heavy atom. The molecule has 0 fully saturated rings. The molecule has 0 bridgehead atoms. The molecule has 2 nitrogen and oxygen atoms in total. The van der Waals surface area contributed by atoms with E-state index in [1.807, 2.05) is 31.2 Å². The lowest BCUT2D eigenvalue weighted by molar-refractivity contribution is 0.195. The summed E-state index contributed by atoms with van der Waals surface area (Å²) in [6, 6.07) is 12.4. The fourth-order valence-corrected chi connectivity index (χ4v) is 3.08. The van der Waals surface area contributed by atoms with E-state index in [2.05, 4.69) is 15.9 Å². The molecule has 0 spiro atoms. The summed E-state index contributed by atoms with van der Waals surface area (Å²) in [6.45, 7) is 2.20. The molecule has 0 heterocycles. The van der Waals surface area contributed by atoms with Gasteiger partial charge in [-0.05, 0) is 48.2 Å². The summed E-state index contributed by atoms with van der Waals surface area (Å²) < 4.78 is 14.3. The number of hydrogen-bond donors (Lipinski definition) is 2. The highest BCUT2D eigenvalue weighted by Crippen LogP contribution is 2.32. The van der Waals surface area contributed by atoms with E-state index in [0.29, 0.717) is 6.42 Å². The second-order valence-corrected chi connectivity index (χ2v) is 6.22. The molecule has 1 atom stereocenters. The predicted octanol–water partition coefficient (Wildman–Crippen LogP) is 3.33. The fourth-order valence-electron chi connectivity index (χ4n) is 2.69. The first kappa shape index (κ1) is 16.1. The molecule has 0 saturated heterocycles. The van der Waals surface area contributed by atoms with Crippen LogP contribution in [0.4, 0.5) is 4.39 Å². The van der Waals surface area contributed by atoms with Crippen LogP contribution in [0.3, 0.4) is 0 Å². The molecule has 0 amide bonds. The van der Waals surface area contributed by atoms with Crippen LogP contribution in [0.1, 0.15) is 16.7 Å². The van der Waals surface area contributed by atoms with Crippen LogP contribution in [-0.4, -0.2) is 18.3 Å². The number of hydrogen-bond acceptors (Lipinski definition) is 2. The van der Waals surface area contributed by atoms with Crippen LogP contribution in [-0.2, 0) is 11.8 Å². The zero-order chi connectivity index (χ0) is 15.5. The van der Waals surface area contributed by atoms with Crippen LogP contribution in [0.2, 0.25) is 0 Å². The van der Waals surface area contributed by atoms with Crippen LogP contribution in [0.25, 0.3) is 0 Å². The van der Waals surface area contributed by atoms with Crippen molar-refractivity contribution < 1.29 is 9.50 Å². The van der Waals surface area contributed by atoms with Crippen LogP contribution < -0.4 is 5.73 Å². The number of aliphatic hydroxyl groups is 1. The Bertz CT molecular complexity index is 626. The summed E-state index contributed by atoms with van der Waals surface area (Å²) in [5, 5.41) is 9.99. The number of aryl methyl sites for hydroxylation is 1. The first-order chi connectivity index (χ1) is 10.0. The highest BCUT2D eigenvalue weighted by molar-refractivity contribution is 9.10. The average Bonchev–Trinajstić information content (AvgIpc) is 2.49. The van der Waals surface area contributed by atoms with Crippen LogP contribution in [0, 0.1) is 12.7 Å². The minimum atomic E-state index is -0.609. The van der Waals surface area contributed by atoms with Gasteiger partial charge in [-0.15, -0.1) is 0 Å². The minimum absolute atomic E-state index is 0.0860. The summed E-state index contributed by atoms with van der Waals surface area (Å²) in [4.78, 5) is 0. The fraction of sp³-hybridized carbons (Fsp3) is 0.294. The molecule has 3 N–H and O–H groups in total. The van der Waals surface area contributed by atoms with E-state index >= 15 is 0 Å². The average molecular weight is 352 g/mol. The Labute approximate surface area is 132 Å². The van der Waals surface area contributed by atoms with E-state index in [9.17, 15) is 9.50 Å². The van der Waals surface area contributed by atoms with Crippen molar-refractivity contribution >= 4 is 15.9 Å². The highest BCUT2D eigenvalue weighted by atomic mass is 79.9. The van der Waals surface area contributed by atoms with Gasteiger partial charge in [-0.25, -0.2) is 4.39 Å². The largest absolute Gasteiger partial charge is 0.395 e. The number of halogens is 2. The standard InChI is InChI=1S/C17H19BrFNO/c1-12-4-2-3-5-15(12)17(10-20,11-21)9-13-8-14(19)6-7-16(13)18/h2-8,21H,9-11,20H2,1H3. The van der Waals surface area contributed by atoms with Crippen LogP contribution in [0.15, 0.2) is 46.9 Å². The molecular weight excluding hydrogens is 333 g/mol. The smallest absolute Gasteiger partial charge is 0.123 e. The lowest BCUT2D eigenvalue weighted by Crippen LogP contribution is -2.41. The number of benzene rings is 2. The van der Waals surface area contributed by atoms with Gasteiger partial charge in [0.25, 0.3) is 0 Å². The number of rotatable bonds is 5. The Hall–Kier alpha value is -1.23. The van der Waals surface area contributed by atoms with Crippen molar-refractivity contribution in [2.75, 3.05) is 13.2 Å². The van der Waals surface area contributed by atoms with Gasteiger partial charge in [0.1, 0.15) is 5.82 Å². The van der Waals surface area contributed by atoms with Gasteiger partial charge in [-0.1, -0.05) is 40.2 Å². The highest BCUT2D eigenvalue weighted by Gasteiger charge is 2.32. The van der Waals surface area contributed by atoms with Crippen molar-refractivity contribution in [1.29, 1.82) is 0 Å². The number of nitrogens with two attached hydrogens (primary N) is 1. The summed E-state index contributed by atoms with van der Waals surface area (Å²) in [6.07, 6.45) is 0.475. The second-order valence-electron chi connectivity index (χ2n) is 5.37. The normalized spacial score (nSPS) is 14.0. The molecule has 0 saturated carbocycles. The summed E-state index contributed by atoms with van der Waals surface area (Å²) in [5.41, 5.74) is 8.26. The van der Waals surface area contributed by atoms with E-state index in [4.69, 9.17) is 5.73 Å². The van der Waals surface area contributed by atoms with Crippen molar-refractivity contribution in [1.82, 2.24) is 0 Å². The first-order valence-electron chi connectivity index (χ1n) is 6.83. The predicted molar refractivity (Wildman–Crippen MR) is 86.8 cm³/mol. The molecule has 21 heavy (non-hydrogen) atoms. The molecule has 4 heteroatoms. The van der Waals surface area contributed by atoms with Gasteiger partial charge < -0.3 is 10.8 Å². The van der Waals surface area contributed by atoms with Gasteiger partial charge in [0.15, 0.2) is 0 Å². The summed E-state index contributed by atoms with van der Waals surface area (Å²) in [5.74, 6) is -0.290. The third kappa shape index (κ3) is 3.34. The SMILES string of the molecule is Cc1ccccc1C(CN)(CO)Cc1cc(F)ccc1Br. The lowest BCUT2D eigenvalue weighted by atomic mass is 9.74. The maximum atomic E-state index is 13.5. The van der Waals surface area contributed by atoms with E-state index < -0.39 is 5.41 Å². The Balaban J connectivity index is 2.48. The molecule has 0 aliphatic carbocycles. The Morgan fingerprint density at radius 1 is 1.24 bits per heavy atom. The van der Waals surface area contributed by atoms with Crippen molar-refractivity contribution in [3.63, 3.8) is 0 Å². The van der Waals surface area contributed by atoms with Gasteiger partial charge in [0.05, 0.1) is 6.61 Å². The van der Waals surface area contributed by atoms with E-state index in [-0.39, 0.29) is 19.0 Å². The quantitative estimate of drug-likeness (QED) is 0.867. The van der Waals surface area contributed by atoms with Gasteiger partial charge in [-0.2, -0.15) is 0 Å². The zero-order valence-electron chi connectivity index (χ0n) is 11.9. The van der Waals surface area contributed by atoms with E-state index in [1.165, 1.54) is 12.1 Å². The molecule has 2 aromatic carbocycles. The van der Waals surface area contributed by atoms with Crippen molar-refractivity contribution in [3.05, 3.63) is 69.4 Å². The maximum absolute atomic E-state index is 13.5. The molecule has 1 unspecified atom stereocenters. The second kappa shape index (κ2) is 6.69. The molecular formula is C17H19BrFNO. The van der Waals surface area contributed by atoms with Crippen LogP contribution in [0.5, 0.6) is 0 Å².